The molecule has 0 saturated carbocycles. The monoisotopic (exact) mass is 466 g/mol. The van der Waals surface area contributed by atoms with E-state index in [1.165, 1.54) is 16.7 Å². The zero-order valence-corrected chi connectivity index (χ0v) is 21.0. The first-order valence-electron chi connectivity index (χ1n) is 12.4. The lowest BCUT2D eigenvalue weighted by atomic mass is 10.0. The Morgan fingerprint density at radius 1 is 0.583 bits per heavy atom. The van der Waals surface area contributed by atoms with E-state index >= 15 is 0 Å². The van der Waals surface area contributed by atoms with Crippen LogP contribution in [0.5, 0.6) is 0 Å². The summed E-state index contributed by atoms with van der Waals surface area (Å²) >= 11 is 0. The standard InChI is InChI=1S/C34H30N2/c1-4-9-26-15-21-28(22-16-26)32-33(29-23-17-27(10-5-2)18-24-29)36(31-11-7-6-8-12-31)34(35-32)30-19-13-25(3)14-20-30/h4-24H,1-3H3/b9-4+,10-5+. The maximum absolute atomic E-state index is 5.30. The average molecular weight is 467 g/mol. The third kappa shape index (κ3) is 4.71. The van der Waals surface area contributed by atoms with Crippen molar-refractivity contribution < 1.29 is 0 Å². The van der Waals surface area contributed by atoms with Gasteiger partial charge in [-0.1, -0.05) is 121 Å². The SMILES string of the molecule is C/C=C/c1ccc(-c2nc(-c3ccc(C)cc3)n(-c3ccccc3)c2-c2ccc(/C=C/C)cc2)cc1. The fourth-order valence-electron chi connectivity index (χ4n) is 4.50. The molecule has 0 radical (unpaired) electrons. The lowest BCUT2D eigenvalue weighted by molar-refractivity contribution is 1.07. The molecule has 5 rings (SSSR count). The predicted molar refractivity (Wildman–Crippen MR) is 154 cm³/mol. The van der Waals surface area contributed by atoms with Crippen molar-refractivity contribution in [3.63, 3.8) is 0 Å². The van der Waals surface area contributed by atoms with Gasteiger partial charge in [-0.2, -0.15) is 0 Å². The molecule has 2 heteroatoms. The molecule has 0 bridgehead atoms. The van der Waals surface area contributed by atoms with E-state index in [2.05, 4.69) is 139 Å². The third-order valence-corrected chi connectivity index (χ3v) is 6.29. The molecule has 0 spiro atoms. The molecule has 0 N–H and O–H groups in total. The average Bonchev–Trinajstić information content (AvgIpc) is 3.31. The predicted octanol–water partition coefficient (Wildman–Crippen LogP) is 9.25. The second-order valence-electron chi connectivity index (χ2n) is 8.91. The molecule has 176 valence electrons. The molecule has 36 heavy (non-hydrogen) atoms. The van der Waals surface area contributed by atoms with E-state index in [1.807, 2.05) is 13.8 Å². The van der Waals surface area contributed by atoms with Gasteiger partial charge in [0, 0.05) is 22.4 Å². The van der Waals surface area contributed by atoms with Crippen LogP contribution in [0.4, 0.5) is 0 Å². The van der Waals surface area contributed by atoms with Gasteiger partial charge in [-0.15, -0.1) is 0 Å². The first-order chi connectivity index (χ1) is 17.7. The Hall–Kier alpha value is -4.43. The van der Waals surface area contributed by atoms with Crippen LogP contribution in [0.1, 0.15) is 30.5 Å². The number of para-hydroxylation sites is 1. The molecule has 0 aliphatic carbocycles. The van der Waals surface area contributed by atoms with E-state index in [4.69, 9.17) is 4.98 Å². The quantitative estimate of drug-likeness (QED) is 0.244. The summed E-state index contributed by atoms with van der Waals surface area (Å²) in [6.45, 7) is 6.20. The number of allylic oxidation sites excluding steroid dienone is 2. The van der Waals surface area contributed by atoms with E-state index in [0.29, 0.717) is 0 Å². The zero-order valence-electron chi connectivity index (χ0n) is 21.0. The summed E-state index contributed by atoms with van der Waals surface area (Å²) in [4.78, 5) is 5.30. The molecule has 0 aliphatic heterocycles. The Labute approximate surface area is 213 Å². The van der Waals surface area contributed by atoms with Crippen molar-refractivity contribution >= 4 is 12.2 Å². The fourth-order valence-corrected chi connectivity index (χ4v) is 4.50. The first kappa shape index (κ1) is 23.3. The first-order valence-corrected chi connectivity index (χ1v) is 12.4. The molecule has 0 aliphatic rings. The molecule has 5 aromatic rings. The van der Waals surface area contributed by atoms with Gasteiger partial charge in [0.1, 0.15) is 5.82 Å². The van der Waals surface area contributed by atoms with E-state index in [0.717, 1.165) is 39.6 Å². The molecule has 0 saturated heterocycles. The summed E-state index contributed by atoms with van der Waals surface area (Å²) in [7, 11) is 0. The highest BCUT2D eigenvalue weighted by Crippen LogP contribution is 2.39. The van der Waals surface area contributed by atoms with Crippen molar-refractivity contribution in [2.75, 3.05) is 0 Å². The van der Waals surface area contributed by atoms with Gasteiger partial charge < -0.3 is 0 Å². The molecule has 0 unspecified atom stereocenters. The maximum Gasteiger partial charge on any atom is 0.145 e. The Morgan fingerprint density at radius 3 is 1.67 bits per heavy atom. The highest BCUT2D eigenvalue weighted by Gasteiger charge is 2.22. The van der Waals surface area contributed by atoms with Gasteiger partial charge in [0.05, 0.1) is 11.4 Å². The summed E-state index contributed by atoms with van der Waals surface area (Å²) < 4.78 is 2.30. The Bertz CT molecular complexity index is 1500. The minimum Gasteiger partial charge on any atom is -0.292 e. The van der Waals surface area contributed by atoms with Gasteiger partial charge in [0.25, 0.3) is 0 Å². The second-order valence-corrected chi connectivity index (χ2v) is 8.91. The maximum atomic E-state index is 5.30. The van der Waals surface area contributed by atoms with E-state index < -0.39 is 0 Å². The zero-order chi connectivity index (χ0) is 24.9. The fraction of sp³-hybridized carbons (Fsp3) is 0.0882. The smallest absolute Gasteiger partial charge is 0.145 e. The Morgan fingerprint density at radius 2 is 1.11 bits per heavy atom. The third-order valence-electron chi connectivity index (χ3n) is 6.29. The van der Waals surface area contributed by atoms with Crippen LogP contribution in [0, 0.1) is 6.92 Å². The normalized spacial score (nSPS) is 11.5. The molecular weight excluding hydrogens is 436 g/mol. The molecule has 1 aromatic heterocycles. The molecular formula is C34H30N2. The minimum absolute atomic E-state index is 0.932. The largest absolute Gasteiger partial charge is 0.292 e. The van der Waals surface area contributed by atoms with Gasteiger partial charge in [0.2, 0.25) is 0 Å². The van der Waals surface area contributed by atoms with Crippen molar-refractivity contribution in [1.29, 1.82) is 0 Å². The van der Waals surface area contributed by atoms with Crippen LogP contribution in [-0.2, 0) is 0 Å². The van der Waals surface area contributed by atoms with Crippen molar-refractivity contribution in [2.24, 2.45) is 0 Å². The number of benzene rings is 4. The summed E-state index contributed by atoms with van der Waals surface area (Å²) in [6.07, 6.45) is 8.37. The van der Waals surface area contributed by atoms with Gasteiger partial charge >= 0.3 is 0 Å². The summed E-state index contributed by atoms with van der Waals surface area (Å²) in [6, 6.07) is 36.5. The lowest BCUT2D eigenvalue weighted by Gasteiger charge is -2.14. The number of aromatic nitrogens is 2. The van der Waals surface area contributed by atoms with Gasteiger partial charge in [-0.05, 0) is 44.0 Å². The second kappa shape index (κ2) is 10.5. The van der Waals surface area contributed by atoms with Crippen molar-refractivity contribution in [3.05, 3.63) is 132 Å². The highest BCUT2D eigenvalue weighted by molar-refractivity contribution is 5.84. The van der Waals surface area contributed by atoms with E-state index in [1.54, 1.807) is 0 Å². The lowest BCUT2D eigenvalue weighted by Crippen LogP contribution is -2.00. The summed E-state index contributed by atoms with van der Waals surface area (Å²) in [5.74, 6) is 0.932. The van der Waals surface area contributed by atoms with E-state index in [9.17, 15) is 0 Å². The van der Waals surface area contributed by atoms with E-state index in [-0.39, 0.29) is 0 Å². The van der Waals surface area contributed by atoms with Gasteiger partial charge in [-0.3, -0.25) is 4.57 Å². The number of aryl methyl sites for hydroxylation is 1. The number of nitrogens with zero attached hydrogens (tertiary/aromatic N) is 2. The van der Waals surface area contributed by atoms with Crippen molar-refractivity contribution in [1.82, 2.24) is 9.55 Å². The van der Waals surface area contributed by atoms with Crippen LogP contribution in [0.15, 0.2) is 115 Å². The van der Waals surface area contributed by atoms with Crippen LogP contribution in [-0.4, -0.2) is 9.55 Å². The molecule has 2 nitrogen and oxygen atoms in total. The number of imidazole rings is 1. The van der Waals surface area contributed by atoms with Crippen LogP contribution in [0.3, 0.4) is 0 Å². The molecule has 0 atom stereocenters. The molecule has 1 heterocycles. The van der Waals surface area contributed by atoms with Crippen LogP contribution >= 0.6 is 0 Å². The topological polar surface area (TPSA) is 17.8 Å². The molecule has 4 aromatic carbocycles. The summed E-state index contributed by atoms with van der Waals surface area (Å²) in [5.41, 5.74) is 10.1. The highest BCUT2D eigenvalue weighted by atomic mass is 15.1. The molecule has 0 fully saturated rings. The molecule has 0 amide bonds. The number of hydrogen-bond acceptors (Lipinski definition) is 1. The van der Waals surface area contributed by atoms with Gasteiger partial charge in [-0.25, -0.2) is 4.98 Å². The number of hydrogen-bond donors (Lipinski definition) is 0. The Balaban J connectivity index is 1.81. The Kier molecular flexibility index (Phi) is 6.77. The van der Waals surface area contributed by atoms with Crippen molar-refractivity contribution in [3.8, 4) is 39.6 Å². The van der Waals surface area contributed by atoms with Gasteiger partial charge in [0.15, 0.2) is 0 Å². The van der Waals surface area contributed by atoms with Crippen LogP contribution < -0.4 is 0 Å². The minimum atomic E-state index is 0.932. The van der Waals surface area contributed by atoms with Crippen LogP contribution in [0.25, 0.3) is 51.7 Å². The summed E-state index contributed by atoms with van der Waals surface area (Å²) in [5, 5.41) is 0. The van der Waals surface area contributed by atoms with Crippen LogP contribution in [0.2, 0.25) is 0 Å². The number of rotatable bonds is 6. The van der Waals surface area contributed by atoms with Crippen molar-refractivity contribution in [2.45, 2.75) is 20.8 Å².